The summed E-state index contributed by atoms with van der Waals surface area (Å²) in [7, 11) is 3.34. The van der Waals surface area contributed by atoms with Gasteiger partial charge in [0, 0.05) is 39.3 Å². The van der Waals surface area contributed by atoms with Crippen LogP contribution in [0, 0.1) is 5.82 Å². The molecule has 1 N–H and O–H groups in total. The van der Waals surface area contributed by atoms with Crippen LogP contribution in [0.4, 0.5) is 10.1 Å². The van der Waals surface area contributed by atoms with Gasteiger partial charge in [-0.15, -0.1) is 0 Å². The first-order chi connectivity index (χ1) is 18.3. The number of hydrogen-bond acceptors (Lipinski definition) is 4. The standard InChI is InChI=1S/C29H30FN5O3/c1-33(2)28(37)14-8-4-7-13-27(36)32-23-12-9-17-34(29(23)38)20-26-31-24-18-22(30)15-16-25(24)35(26)19-21-10-5-3-6-11-21/h3,5-6,8-12,14-18H,4,7,13,19-20H2,1-2H3,(H,32,36)/b14-8+. The van der Waals surface area contributed by atoms with Gasteiger partial charge in [-0.3, -0.25) is 14.4 Å². The zero-order valence-corrected chi connectivity index (χ0v) is 21.4. The van der Waals surface area contributed by atoms with Gasteiger partial charge in [-0.1, -0.05) is 36.4 Å². The van der Waals surface area contributed by atoms with E-state index in [1.54, 1.807) is 44.6 Å². The fourth-order valence-electron chi connectivity index (χ4n) is 4.05. The molecule has 2 heterocycles. The lowest BCUT2D eigenvalue weighted by molar-refractivity contribution is -0.123. The Balaban J connectivity index is 1.49. The number of nitrogens with one attached hydrogen (secondary N) is 1. The Kier molecular flexibility index (Phi) is 8.47. The second kappa shape index (κ2) is 12.1. The summed E-state index contributed by atoms with van der Waals surface area (Å²) in [6.45, 7) is 0.661. The molecule has 4 aromatic rings. The number of anilines is 1. The third-order valence-corrected chi connectivity index (χ3v) is 6.05. The van der Waals surface area contributed by atoms with Crippen molar-refractivity contribution in [3.63, 3.8) is 0 Å². The molecule has 0 spiro atoms. The van der Waals surface area contributed by atoms with Gasteiger partial charge in [-0.05, 0) is 48.7 Å². The lowest BCUT2D eigenvalue weighted by Gasteiger charge is -2.12. The van der Waals surface area contributed by atoms with E-state index in [1.807, 2.05) is 34.9 Å². The first kappa shape index (κ1) is 26.5. The van der Waals surface area contributed by atoms with Crippen LogP contribution in [0.2, 0.25) is 0 Å². The number of halogens is 1. The number of carbonyl (C=O) groups is 2. The van der Waals surface area contributed by atoms with E-state index < -0.39 is 0 Å². The van der Waals surface area contributed by atoms with Gasteiger partial charge in [0.2, 0.25) is 11.8 Å². The van der Waals surface area contributed by atoms with Crippen molar-refractivity contribution in [1.29, 1.82) is 0 Å². The normalized spacial score (nSPS) is 11.2. The fraction of sp³-hybridized carbons (Fsp3) is 0.241. The number of nitrogens with zero attached hydrogens (tertiary/aromatic N) is 4. The lowest BCUT2D eigenvalue weighted by Crippen LogP contribution is -2.26. The minimum atomic E-state index is -0.380. The number of fused-ring (bicyclic) bond motifs is 1. The zero-order valence-electron chi connectivity index (χ0n) is 21.4. The first-order valence-electron chi connectivity index (χ1n) is 12.4. The second-order valence-corrected chi connectivity index (χ2v) is 9.16. The average molecular weight is 516 g/mol. The molecule has 8 nitrogen and oxygen atoms in total. The van der Waals surface area contributed by atoms with Gasteiger partial charge in [-0.2, -0.15) is 0 Å². The summed E-state index contributed by atoms with van der Waals surface area (Å²) in [6.07, 6.45) is 6.19. The highest BCUT2D eigenvalue weighted by molar-refractivity contribution is 5.90. The molecule has 38 heavy (non-hydrogen) atoms. The minimum Gasteiger partial charge on any atom is -0.345 e. The molecule has 0 saturated carbocycles. The quantitative estimate of drug-likeness (QED) is 0.253. The zero-order chi connectivity index (χ0) is 27.1. The smallest absolute Gasteiger partial charge is 0.274 e. The summed E-state index contributed by atoms with van der Waals surface area (Å²) >= 11 is 0. The summed E-state index contributed by atoms with van der Waals surface area (Å²) in [5.74, 6) is -0.171. The second-order valence-electron chi connectivity index (χ2n) is 9.16. The monoisotopic (exact) mass is 515 g/mol. The number of carbonyl (C=O) groups excluding carboxylic acids is 2. The fourth-order valence-corrected chi connectivity index (χ4v) is 4.05. The molecule has 2 aromatic heterocycles. The molecule has 0 saturated heterocycles. The van der Waals surface area contributed by atoms with Crippen molar-refractivity contribution in [2.24, 2.45) is 0 Å². The maximum absolute atomic E-state index is 13.9. The van der Waals surface area contributed by atoms with Gasteiger partial charge in [0.15, 0.2) is 0 Å². The molecule has 9 heteroatoms. The number of unbranched alkanes of at least 4 members (excludes halogenated alkanes) is 1. The Hall–Kier alpha value is -4.53. The Labute approximate surface area is 220 Å². The number of imidazole rings is 1. The molecule has 0 atom stereocenters. The molecule has 0 fully saturated rings. The number of rotatable bonds is 10. The van der Waals surface area contributed by atoms with Crippen LogP contribution in [-0.4, -0.2) is 44.9 Å². The van der Waals surface area contributed by atoms with E-state index in [1.165, 1.54) is 27.7 Å². The van der Waals surface area contributed by atoms with Crippen LogP contribution in [0.15, 0.2) is 83.8 Å². The topological polar surface area (TPSA) is 89.2 Å². The van der Waals surface area contributed by atoms with Crippen molar-refractivity contribution in [3.05, 3.63) is 107 Å². The summed E-state index contributed by atoms with van der Waals surface area (Å²) in [5.41, 5.74) is 2.14. The van der Waals surface area contributed by atoms with Crippen LogP contribution in [0.5, 0.6) is 0 Å². The molecule has 0 radical (unpaired) electrons. The minimum absolute atomic E-state index is 0.110. The third kappa shape index (κ3) is 6.61. The Morgan fingerprint density at radius 1 is 1.05 bits per heavy atom. The summed E-state index contributed by atoms with van der Waals surface area (Å²) in [5, 5.41) is 2.69. The number of aromatic nitrogens is 3. The van der Waals surface area contributed by atoms with E-state index in [-0.39, 0.29) is 41.8 Å². The van der Waals surface area contributed by atoms with E-state index >= 15 is 0 Å². The first-order valence-corrected chi connectivity index (χ1v) is 12.4. The molecule has 2 aromatic carbocycles. The van der Waals surface area contributed by atoms with Gasteiger partial charge < -0.3 is 19.4 Å². The van der Waals surface area contributed by atoms with Crippen LogP contribution in [0.3, 0.4) is 0 Å². The van der Waals surface area contributed by atoms with Crippen molar-refractivity contribution < 1.29 is 14.0 Å². The number of likely N-dealkylation sites (N-methyl/N-ethyl adjacent to an activating group) is 1. The SMILES string of the molecule is CN(C)C(=O)/C=C/CCCC(=O)Nc1cccn(Cc2nc3cc(F)ccc3n2Cc2ccccc2)c1=O. The van der Waals surface area contributed by atoms with E-state index in [0.717, 1.165) is 11.1 Å². The predicted molar refractivity (Wildman–Crippen MR) is 145 cm³/mol. The molecule has 0 unspecified atom stereocenters. The Morgan fingerprint density at radius 2 is 1.84 bits per heavy atom. The third-order valence-electron chi connectivity index (χ3n) is 6.05. The van der Waals surface area contributed by atoms with Crippen LogP contribution in [0.25, 0.3) is 11.0 Å². The van der Waals surface area contributed by atoms with Crippen LogP contribution in [0.1, 0.15) is 30.7 Å². The highest BCUT2D eigenvalue weighted by Gasteiger charge is 2.15. The van der Waals surface area contributed by atoms with E-state index in [4.69, 9.17) is 0 Å². The summed E-state index contributed by atoms with van der Waals surface area (Å²) in [4.78, 5) is 43.2. The molecule has 0 aliphatic heterocycles. The maximum Gasteiger partial charge on any atom is 0.274 e. The molecule has 0 bridgehead atoms. The Morgan fingerprint density at radius 3 is 2.61 bits per heavy atom. The van der Waals surface area contributed by atoms with Gasteiger partial charge in [0.25, 0.3) is 5.56 Å². The molecular formula is C29H30FN5O3. The summed E-state index contributed by atoms with van der Waals surface area (Å²) < 4.78 is 17.3. The van der Waals surface area contributed by atoms with E-state index in [9.17, 15) is 18.8 Å². The molecule has 196 valence electrons. The van der Waals surface area contributed by atoms with E-state index in [2.05, 4.69) is 10.3 Å². The highest BCUT2D eigenvalue weighted by atomic mass is 19.1. The van der Waals surface area contributed by atoms with Crippen LogP contribution in [-0.2, 0) is 22.7 Å². The largest absolute Gasteiger partial charge is 0.345 e. The van der Waals surface area contributed by atoms with Crippen molar-refractivity contribution in [1.82, 2.24) is 19.0 Å². The lowest BCUT2D eigenvalue weighted by atomic mass is 10.2. The number of pyridine rings is 1. The van der Waals surface area contributed by atoms with Crippen LogP contribution >= 0.6 is 0 Å². The van der Waals surface area contributed by atoms with Gasteiger partial charge in [-0.25, -0.2) is 9.37 Å². The molecular weight excluding hydrogens is 485 g/mol. The van der Waals surface area contributed by atoms with Crippen molar-refractivity contribution in [2.75, 3.05) is 19.4 Å². The predicted octanol–water partition coefficient (Wildman–Crippen LogP) is 4.19. The van der Waals surface area contributed by atoms with Crippen molar-refractivity contribution in [3.8, 4) is 0 Å². The van der Waals surface area contributed by atoms with Crippen molar-refractivity contribution in [2.45, 2.75) is 32.4 Å². The van der Waals surface area contributed by atoms with E-state index in [0.29, 0.717) is 30.7 Å². The number of amides is 2. The van der Waals surface area contributed by atoms with Gasteiger partial charge in [0.05, 0.1) is 17.6 Å². The number of benzene rings is 2. The number of hydrogen-bond donors (Lipinski definition) is 1. The van der Waals surface area contributed by atoms with Crippen LogP contribution < -0.4 is 10.9 Å². The molecule has 2 amide bonds. The van der Waals surface area contributed by atoms with Gasteiger partial charge in [0.1, 0.15) is 17.3 Å². The van der Waals surface area contributed by atoms with Crippen molar-refractivity contribution >= 4 is 28.5 Å². The molecule has 0 aliphatic carbocycles. The average Bonchev–Trinajstić information content (AvgIpc) is 3.22. The molecule has 4 rings (SSSR count). The molecule has 0 aliphatic rings. The maximum atomic E-state index is 13.9. The number of allylic oxidation sites excluding steroid dienone is 1. The highest BCUT2D eigenvalue weighted by Crippen LogP contribution is 2.20. The summed E-state index contributed by atoms with van der Waals surface area (Å²) in [6, 6.07) is 17.6. The Bertz CT molecular complexity index is 1520. The van der Waals surface area contributed by atoms with Gasteiger partial charge >= 0.3 is 0 Å².